The van der Waals surface area contributed by atoms with Crippen molar-refractivity contribution in [3.8, 4) is 0 Å². The molecule has 0 saturated heterocycles. The molecule has 0 aromatic heterocycles. The van der Waals surface area contributed by atoms with Crippen molar-refractivity contribution in [2.45, 2.75) is 118 Å². The number of carboxylic acids is 1. The van der Waals surface area contributed by atoms with Gasteiger partial charge in [-0.15, -0.1) is 0 Å². The van der Waals surface area contributed by atoms with E-state index in [2.05, 4.69) is 47.6 Å². The Balaban J connectivity index is 1.67. The van der Waals surface area contributed by atoms with Crippen molar-refractivity contribution in [1.29, 1.82) is 0 Å². The predicted molar refractivity (Wildman–Crippen MR) is 135 cm³/mol. The van der Waals surface area contributed by atoms with Gasteiger partial charge in [-0.3, -0.25) is 4.79 Å². The summed E-state index contributed by atoms with van der Waals surface area (Å²) in [5, 5.41) is 45.1. The molecule has 4 fully saturated rings. The molecule has 0 aliphatic heterocycles. The highest BCUT2D eigenvalue weighted by molar-refractivity contribution is 5.77. The number of hydrogen-bond donors (Lipinski definition) is 4. The highest BCUT2D eigenvalue weighted by atomic mass is 16.4. The lowest BCUT2D eigenvalue weighted by Gasteiger charge is -2.72. The standard InChI is InChI=1S/C30H48O5/c1-17-10-13-30(24(33)34)15-14-27(5)18(22(30)29(17,7)35)8-9-20-26(4)12-11-21(32)25(2,3)23(26)19(31)16-28(20,27)6/h8,17,19-23,31-32,35H,9-16H2,1-7H3,(H,33,34)/t17-,19+,20+,21+,22-,23-,26-,27-,28-,29-,30+/m1/s1. The van der Waals surface area contributed by atoms with Gasteiger partial charge in [0.25, 0.3) is 0 Å². The van der Waals surface area contributed by atoms with E-state index in [-0.39, 0.29) is 33.5 Å². The minimum atomic E-state index is -1.08. The van der Waals surface area contributed by atoms with Gasteiger partial charge in [0.05, 0.1) is 23.2 Å². The molecule has 0 aromatic rings. The summed E-state index contributed by atoms with van der Waals surface area (Å²) >= 11 is 0. The SMILES string of the molecule is C[C@@H]1CC[C@]2(C(=O)O)CC[C@]3(C)C(=CC[C@H]4[C@@]5(C)CC[C@H](O)C(C)(C)[C@H]5[C@@H](O)C[C@]43C)[C@@H]2[C@]1(C)O. The van der Waals surface area contributed by atoms with E-state index in [0.717, 1.165) is 37.7 Å². The topological polar surface area (TPSA) is 98.0 Å². The molecule has 0 radical (unpaired) electrons. The predicted octanol–water partition coefficient (Wildman–Crippen LogP) is 5.18. The van der Waals surface area contributed by atoms with Gasteiger partial charge in [0.2, 0.25) is 0 Å². The molecule has 5 aliphatic rings. The van der Waals surface area contributed by atoms with Gasteiger partial charge in [-0.1, -0.05) is 53.2 Å². The fraction of sp³-hybridized carbons (Fsp3) is 0.900. The Morgan fingerprint density at radius 1 is 0.971 bits per heavy atom. The van der Waals surface area contributed by atoms with Crippen LogP contribution in [0.25, 0.3) is 0 Å². The van der Waals surface area contributed by atoms with Crippen LogP contribution in [-0.2, 0) is 4.79 Å². The molecule has 0 amide bonds. The van der Waals surface area contributed by atoms with Gasteiger partial charge in [0, 0.05) is 5.92 Å². The van der Waals surface area contributed by atoms with Gasteiger partial charge in [0.15, 0.2) is 0 Å². The molecule has 4 N–H and O–H groups in total. The molecule has 5 heteroatoms. The zero-order valence-corrected chi connectivity index (χ0v) is 22.9. The summed E-state index contributed by atoms with van der Waals surface area (Å²) in [5.74, 6) is -0.765. The molecule has 0 bridgehead atoms. The summed E-state index contributed by atoms with van der Waals surface area (Å²) in [6, 6.07) is 0. The minimum absolute atomic E-state index is 0.0230. The van der Waals surface area contributed by atoms with Crippen molar-refractivity contribution in [3.63, 3.8) is 0 Å². The number of allylic oxidation sites excluding steroid dienone is 1. The van der Waals surface area contributed by atoms with Gasteiger partial charge in [-0.2, -0.15) is 0 Å². The number of carbonyl (C=O) groups is 1. The van der Waals surface area contributed by atoms with Crippen LogP contribution in [0.2, 0.25) is 0 Å². The molecule has 0 aromatic carbocycles. The molecule has 0 spiro atoms. The highest BCUT2D eigenvalue weighted by Gasteiger charge is 2.72. The first-order chi connectivity index (χ1) is 16.0. The van der Waals surface area contributed by atoms with Crippen LogP contribution in [0.3, 0.4) is 0 Å². The molecule has 35 heavy (non-hydrogen) atoms. The first-order valence-electron chi connectivity index (χ1n) is 14.0. The number of fused-ring (bicyclic) bond motifs is 7. The number of rotatable bonds is 1. The first kappa shape index (κ1) is 25.7. The van der Waals surface area contributed by atoms with Crippen LogP contribution >= 0.6 is 0 Å². The Kier molecular flexibility index (Phi) is 5.40. The summed E-state index contributed by atoms with van der Waals surface area (Å²) in [6.07, 6.45) is 7.27. The first-order valence-corrected chi connectivity index (χ1v) is 14.0. The van der Waals surface area contributed by atoms with Crippen LogP contribution in [0.5, 0.6) is 0 Å². The molecule has 4 saturated carbocycles. The van der Waals surface area contributed by atoms with Crippen LogP contribution in [0, 0.1) is 50.7 Å². The maximum absolute atomic E-state index is 12.8. The maximum Gasteiger partial charge on any atom is 0.310 e. The fourth-order valence-electron chi connectivity index (χ4n) is 11.0. The van der Waals surface area contributed by atoms with E-state index in [9.17, 15) is 25.2 Å². The van der Waals surface area contributed by atoms with Gasteiger partial charge in [-0.05, 0) is 97.7 Å². The second-order valence-electron chi connectivity index (χ2n) is 14.9. The van der Waals surface area contributed by atoms with Crippen molar-refractivity contribution in [2.75, 3.05) is 0 Å². The Bertz CT molecular complexity index is 952. The number of aliphatic carboxylic acids is 1. The van der Waals surface area contributed by atoms with E-state index < -0.39 is 35.1 Å². The molecular formula is C30H48O5. The lowest BCUT2D eigenvalue weighted by molar-refractivity contribution is -0.247. The molecule has 5 nitrogen and oxygen atoms in total. The second-order valence-corrected chi connectivity index (χ2v) is 14.9. The highest BCUT2D eigenvalue weighted by Crippen LogP contribution is 2.76. The number of aliphatic hydroxyl groups excluding tert-OH is 2. The molecule has 5 rings (SSSR count). The summed E-state index contributed by atoms with van der Waals surface area (Å²) in [6.45, 7) is 15.2. The zero-order chi connectivity index (χ0) is 26.0. The molecule has 0 heterocycles. The van der Waals surface area contributed by atoms with Gasteiger partial charge < -0.3 is 20.4 Å². The lowest BCUT2D eigenvalue weighted by Crippen LogP contribution is -2.70. The van der Waals surface area contributed by atoms with E-state index in [1.165, 1.54) is 0 Å². The van der Waals surface area contributed by atoms with Crippen molar-refractivity contribution >= 4 is 5.97 Å². The van der Waals surface area contributed by atoms with Gasteiger partial charge in [-0.25, -0.2) is 0 Å². The third-order valence-electron chi connectivity index (χ3n) is 13.3. The molecular weight excluding hydrogens is 440 g/mol. The van der Waals surface area contributed by atoms with Crippen molar-refractivity contribution < 1.29 is 25.2 Å². The van der Waals surface area contributed by atoms with Crippen LogP contribution < -0.4 is 0 Å². The van der Waals surface area contributed by atoms with Crippen LogP contribution in [0.1, 0.15) is 99.8 Å². The Morgan fingerprint density at radius 3 is 2.26 bits per heavy atom. The van der Waals surface area contributed by atoms with E-state index >= 15 is 0 Å². The summed E-state index contributed by atoms with van der Waals surface area (Å²) in [7, 11) is 0. The Hall–Kier alpha value is -0.910. The van der Waals surface area contributed by atoms with E-state index in [1.54, 1.807) is 0 Å². The molecule has 0 unspecified atom stereocenters. The summed E-state index contributed by atoms with van der Waals surface area (Å²) in [5.41, 5.74) is -1.80. The van der Waals surface area contributed by atoms with E-state index in [4.69, 9.17) is 0 Å². The van der Waals surface area contributed by atoms with E-state index in [0.29, 0.717) is 25.2 Å². The third kappa shape index (κ3) is 2.90. The largest absolute Gasteiger partial charge is 0.481 e. The third-order valence-corrected chi connectivity index (χ3v) is 13.3. The number of hydrogen-bond acceptors (Lipinski definition) is 4. The maximum atomic E-state index is 12.8. The van der Waals surface area contributed by atoms with Crippen LogP contribution in [0.4, 0.5) is 0 Å². The average molecular weight is 489 g/mol. The normalized spacial score (nSPS) is 57.1. The van der Waals surface area contributed by atoms with Crippen molar-refractivity contribution in [3.05, 3.63) is 11.6 Å². The molecule has 5 aliphatic carbocycles. The minimum Gasteiger partial charge on any atom is -0.481 e. The van der Waals surface area contributed by atoms with Crippen LogP contribution in [0.15, 0.2) is 11.6 Å². The second kappa shape index (κ2) is 7.35. The quantitative estimate of drug-likeness (QED) is 0.382. The van der Waals surface area contributed by atoms with Gasteiger partial charge >= 0.3 is 5.97 Å². The molecule has 11 atom stereocenters. The van der Waals surface area contributed by atoms with Gasteiger partial charge in [0.1, 0.15) is 0 Å². The monoisotopic (exact) mass is 488 g/mol. The summed E-state index contributed by atoms with van der Waals surface area (Å²) < 4.78 is 0. The Morgan fingerprint density at radius 2 is 1.63 bits per heavy atom. The van der Waals surface area contributed by atoms with E-state index in [1.807, 2.05) is 6.92 Å². The average Bonchev–Trinajstić information content (AvgIpc) is 2.74. The van der Waals surface area contributed by atoms with Crippen molar-refractivity contribution in [1.82, 2.24) is 0 Å². The number of carboxylic acid groups (broad SMARTS) is 1. The zero-order valence-electron chi connectivity index (χ0n) is 22.9. The smallest absolute Gasteiger partial charge is 0.310 e. The molecule has 198 valence electrons. The fourth-order valence-corrected chi connectivity index (χ4v) is 11.0. The number of aliphatic hydroxyl groups is 3. The van der Waals surface area contributed by atoms with Crippen LogP contribution in [-0.4, -0.2) is 44.2 Å². The van der Waals surface area contributed by atoms with Crippen molar-refractivity contribution in [2.24, 2.45) is 50.7 Å². The Labute approximate surface area is 211 Å². The summed E-state index contributed by atoms with van der Waals surface area (Å²) in [4.78, 5) is 12.8. The lowest BCUT2D eigenvalue weighted by atomic mass is 9.32.